The minimum Gasteiger partial charge on any atom is -0.493 e. The maximum absolute atomic E-state index is 12.6. The van der Waals surface area contributed by atoms with Crippen molar-refractivity contribution in [2.24, 2.45) is 0 Å². The van der Waals surface area contributed by atoms with Gasteiger partial charge in [0.15, 0.2) is 16.6 Å². The number of hydrogen-bond donors (Lipinski definition) is 2. The summed E-state index contributed by atoms with van der Waals surface area (Å²) in [4.78, 5) is 17.1. The summed E-state index contributed by atoms with van der Waals surface area (Å²) < 4.78 is 15.7. The second kappa shape index (κ2) is 6.52. The molecular weight excluding hydrogens is 306 g/mol. The smallest absolute Gasteiger partial charge is 0.207 e. The van der Waals surface area contributed by atoms with E-state index >= 15 is 0 Å². The summed E-state index contributed by atoms with van der Waals surface area (Å²) in [7, 11) is 6.20. The average molecular weight is 323 g/mol. The van der Waals surface area contributed by atoms with Crippen molar-refractivity contribution in [3.05, 3.63) is 22.6 Å². The molecule has 0 aliphatic carbocycles. The van der Waals surface area contributed by atoms with Gasteiger partial charge in [-0.2, -0.15) is 0 Å². The van der Waals surface area contributed by atoms with Crippen molar-refractivity contribution < 1.29 is 19.0 Å². The normalized spacial score (nSPS) is 10.2. The van der Waals surface area contributed by atoms with Crippen LogP contribution in [0.25, 0.3) is 0 Å². The first-order valence-electron chi connectivity index (χ1n) is 6.34. The Bertz CT molecular complexity index is 674. The van der Waals surface area contributed by atoms with Gasteiger partial charge >= 0.3 is 0 Å². The zero-order valence-electron chi connectivity index (χ0n) is 12.7. The van der Waals surface area contributed by atoms with E-state index in [0.29, 0.717) is 32.8 Å². The lowest BCUT2D eigenvalue weighted by Gasteiger charge is -2.13. The number of benzene rings is 1. The lowest BCUT2D eigenvalue weighted by Crippen LogP contribution is -2.05. The number of aromatic nitrogens is 1. The molecule has 118 valence electrons. The number of ketones is 1. The Kier molecular flexibility index (Phi) is 4.71. The van der Waals surface area contributed by atoms with Crippen molar-refractivity contribution in [1.29, 1.82) is 0 Å². The van der Waals surface area contributed by atoms with Gasteiger partial charge in [-0.05, 0) is 12.1 Å². The number of thiazole rings is 1. The number of nitrogens with two attached hydrogens (primary N) is 1. The summed E-state index contributed by atoms with van der Waals surface area (Å²) >= 11 is 1.19. The Balaban J connectivity index is 2.51. The third-order valence-corrected chi connectivity index (χ3v) is 4.09. The first kappa shape index (κ1) is 15.9. The largest absolute Gasteiger partial charge is 0.493 e. The highest BCUT2D eigenvalue weighted by molar-refractivity contribution is 7.18. The number of methoxy groups -OCH3 is 3. The highest BCUT2D eigenvalue weighted by Crippen LogP contribution is 2.39. The van der Waals surface area contributed by atoms with Gasteiger partial charge in [-0.1, -0.05) is 11.3 Å². The van der Waals surface area contributed by atoms with Gasteiger partial charge in [-0.3, -0.25) is 4.79 Å². The minimum absolute atomic E-state index is 0.188. The van der Waals surface area contributed by atoms with Gasteiger partial charge in [-0.25, -0.2) is 4.98 Å². The molecule has 2 rings (SSSR count). The fourth-order valence-electron chi connectivity index (χ4n) is 1.94. The number of nitrogens with zero attached hydrogens (tertiary/aromatic N) is 1. The van der Waals surface area contributed by atoms with Crippen LogP contribution in [0.4, 0.5) is 10.9 Å². The molecule has 0 radical (unpaired) electrons. The molecule has 1 aromatic heterocycles. The summed E-state index contributed by atoms with van der Waals surface area (Å²) in [5.74, 6) is 1.17. The molecule has 3 N–H and O–H groups in total. The third kappa shape index (κ3) is 2.77. The molecule has 1 aromatic carbocycles. The lowest BCUT2D eigenvalue weighted by molar-refractivity contribution is 0.104. The molecule has 1 heterocycles. The van der Waals surface area contributed by atoms with E-state index in [9.17, 15) is 4.79 Å². The van der Waals surface area contributed by atoms with Crippen LogP contribution in [-0.2, 0) is 0 Å². The molecule has 0 atom stereocenters. The number of carbonyl (C=O) groups excluding carboxylic acids is 1. The summed E-state index contributed by atoms with van der Waals surface area (Å²) in [5, 5.41) is 3.44. The van der Waals surface area contributed by atoms with E-state index in [2.05, 4.69) is 10.3 Å². The topological polar surface area (TPSA) is 95.7 Å². The first-order chi connectivity index (χ1) is 10.5. The molecular formula is C14H17N3O4S. The summed E-state index contributed by atoms with van der Waals surface area (Å²) in [6.07, 6.45) is 0. The fraction of sp³-hybridized carbons (Fsp3) is 0.286. The predicted octanol–water partition coefficient (Wildman–Crippen LogP) is 2.02. The van der Waals surface area contributed by atoms with Gasteiger partial charge in [0, 0.05) is 12.6 Å². The third-order valence-electron chi connectivity index (χ3n) is 3.00. The Hall–Kier alpha value is -2.48. The van der Waals surface area contributed by atoms with Crippen LogP contribution in [0.1, 0.15) is 15.2 Å². The zero-order chi connectivity index (χ0) is 16.3. The molecule has 0 saturated heterocycles. The summed E-state index contributed by atoms with van der Waals surface area (Å²) in [5.41, 5.74) is 6.19. The molecule has 2 aromatic rings. The van der Waals surface area contributed by atoms with Crippen molar-refractivity contribution in [3.8, 4) is 17.2 Å². The monoisotopic (exact) mass is 323 g/mol. The number of hydrogen-bond acceptors (Lipinski definition) is 8. The Morgan fingerprint density at radius 1 is 1.18 bits per heavy atom. The minimum atomic E-state index is -0.254. The summed E-state index contributed by atoms with van der Waals surface area (Å²) in [6.45, 7) is 0. The number of carbonyl (C=O) groups is 1. The number of nitrogens with one attached hydrogen (secondary N) is 1. The predicted molar refractivity (Wildman–Crippen MR) is 85.6 cm³/mol. The molecule has 0 fully saturated rings. The maximum atomic E-state index is 12.6. The Morgan fingerprint density at radius 3 is 2.18 bits per heavy atom. The van der Waals surface area contributed by atoms with Crippen molar-refractivity contribution >= 4 is 28.1 Å². The van der Waals surface area contributed by atoms with Crippen LogP contribution >= 0.6 is 11.3 Å². The van der Waals surface area contributed by atoms with Crippen LogP contribution in [0.2, 0.25) is 0 Å². The van der Waals surface area contributed by atoms with E-state index in [0.717, 1.165) is 0 Å². The highest BCUT2D eigenvalue weighted by Gasteiger charge is 2.22. The lowest BCUT2D eigenvalue weighted by atomic mass is 10.1. The Morgan fingerprint density at radius 2 is 1.77 bits per heavy atom. The first-order valence-corrected chi connectivity index (χ1v) is 7.16. The van der Waals surface area contributed by atoms with E-state index < -0.39 is 0 Å². The molecule has 7 nitrogen and oxygen atoms in total. The molecule has 0 amide bonds. The second-order valence-corrected chi connectivity index (χ2v) is 5.23. The van der Waals surface area contributed by atoms with E-state index in [1.54, 1.807) is 19.2 Å². The van der Waals surface area contributed by atoms with Gasteiger partial charge < -0.3 is 25.3 Å². The molecule has 0 spiro atoms. The number of anilines is 2. The molecule has 0 unspecified atom stereocenters. The maximum Gasteiger partial charge on any atom is 0.207 e. The van der Waals surface area contributed by atoms with Gasteiger partial charge in [0.2, 0.25) is 11.5 Å². The Labute approximate surface area is 132 Å². The molecule has 0 bridgehead atoms. The zero-order valence-corrected chi connectivity index (χ0v) is 13.5. The molecule has 8 heteroatoms. The summed E-state index contributed by atoms with van der Waals surface area (Å²) in [6, 6.07) is 3.17. The van der Waals surface area contributed by atoms with Crippen molar-refractivity contribution in [1.82, 2.24) is 4.98 Å². The van der Waals surface area contributed by atoms with Crippen molar-refractivity contribution in [3.63, 3.8) is 0 Å². The number of rotatable bonds is 6. The van der Waals surface area contributed by atoms with Crippen molar-refractivity contribution in [2.75, 3.05) is 39.4 Å². The van der Waals surface area contributed by atoms with Crippen LogP contribution in [-0.4, -0.2) is 39.1 Å². The molecule has 0 saturated carbocycles. The van der Waals surface area contributed by atoms with Crippen LogP contribution in [0.15, 0.2) is 12.1 Å². The van der Waals surface area contributed by atoms with Crippen LogP contribution in [0.3, 0.4) is 0 Å². The quantitative estimate of drug-likeness (QED) is 0.785. The van der Waals surface area contributed by atoms with E-state index in [1.807, 2.05) is 0 Å². The van der Waals surface area contributed by atoms with Gasteiger partial charge in [0.05, 0.1) is 21.3 Å². The van der Waals surface area contributed by atoms with E-state index in [1.165, 1.54) is 32.7 Å². The van der Waals surface area contributed by atoms with Crippen LogP contribution in [0, 0.1) is 0 Å². The number of nitrogen functional groups attached to an aromatic ring is 1. The van der Waals surface area contributed by atoms with Gasteiger partial charge in [0.1, 0.15) is 10.7 Å². The van der Waals surface area contributed by atoms with E-state index in [4.69, 9.17) is 19.9 Å². The average Bonchev–Trinajstić information content (AvgIpc) is 2.93. The molecule has 0 aliphatic heterocycles. The SMILES string of the molecule is CNc1nc(N)c(C(=O)c2cc(OC)c(OC)c(OC)c2)s1. The van der Waals surface area contributed by atoms with Gasteiger partial charge in [0.25, 0.3) is 0 Å². The highest BCUT2D eigenvalue weighted by atomic mass is 32.1. The van der Waals surface area contributed by atoms with Crippen LogP contribution in [0.5, 0.6) is 17.2 Å². The standard InChI is InChI=1S/C14H17N3O4S/c1-16-14-17-13(15)12(22-14)10(18)7-5-8(19-2)11(21-4)9(6-7)20-3/h5-6H,15H2,1-4H3,(H,16,17). The number of ether oxygens (including phenoxy) is 3. The van der Waals surface area contributed by atoms with Crippen molar-refractivity contribution in [2.45, 2.75) is 0 Å². The molecule has 0 aliphatic rings. The van der Waals surface area contributed by atoms with Gasteiger partial charge in [-0.15, -0.1) is 0 Å². The van der Waals surface area contributed by atoms with E-state index in [-0.39, 0.29) is 11.6 Å². The fourth-order valence-corrected chi connectivity index (χ4v) is 2.74. The second-order valence-electron chi connectivity index (χ2n) is 4.23. The van der Waals surface area contributed by atoms with Crippen LogP contribution < -0.4 is 25.3 Å². The molecule has 22 heavy (non-hydrogen) atoms.